The Kier molecular flexibility index (Phi) is 5.83. The fourth-order valence-corrected chi connectivity index (χ4v) is 3.73. The van der Waals surface area contributed by atoms with E-state index in [0.29, 0.717) is 29.2 Å². The van der Waals surface area contributed by atoms with Gasteiger partial charge in [0.1, 0.15) is 23.2 Å². The minimum Gasteiger partial charge on any atom is -0.496 e. The molecule has 1 aromatic rings. The molecule has 2 aliphatic rings. The number of amides is 1. The molecule has 7 heteroatoms. The van der Waals surface area contributed by atoms with Crippen LogP contribution >= 0.6 is 0 Å². The van der Waals surface area contributed by atoms with Gasteiger partial charge in [0.15, 0.2) is 6.10 Å². The summed E-state index contributed by atoms with van der Waals surface area (Å²) >= 11 is 0. The topological polar surface area (TPSA) is 88.9 Å². The Labute approximate surface area is 170 Å². The number of hydrogen-bond donors (Lipinski definition) is 0. The average molecular weight is 398 g/mol. The predicted molar refractivity (Wildman–Crippen MR) is 105 cm³/mol. The van der Waals surface area contributed by atoms with Crippen molar-refractivity contribution in [3.63, 3.8) is 0 Å². The van der Waals surface area contributed by atoms with E-state index in [1.807, 2.05) is 13.8 Å². The van der Waals surface area contributed by atoms with E-state index in [9.17, 15) is 14.9 Å². The molecule has 0 spiro atoms. The minimum atomic E-state index is -0.871. The largest absolute Gasteiger partial charge is 0.496 e. The molecule has 0 saturated carbocycles. The maximum atomic E-state index is 12.8. The highest BCUT2D eigenvalue weighted by atomic mass is 16.6. The maximum Gasteiger partial charge on any atom is 0.303 e. The summed E-state index contributed by atoms with van der Waals surface area (Å²) in [6.07, 6.45) is 2.64. The number of hydrogen-bond acceptors (Lipinski definition) is 6. The van der Waals surface area contributed by atoms with Crippen molar-refractivity contribution in [1.82, 2.24) is 4.90 Å². The molecule has 29 heavy (non-hydrogen) atoms. The van der Waals surface area contributed by atoms with E-state index in [1.165, 1.54) is 13.0 Å². The molecule has 3 rings (SSSR count). The molecular formula is C22H26N2O5. The number of benzene rings is 1. The van der Waals surface area contributed by atoms with Gasteiger partial charge in [-0.1, -0.05) is 13.3 Å². The van der Waals surface area contributed by atoms with Crippen LogP contribution in [0, 0.1) is 11.3 Å². The molecule has 0 saturated heterocycles. The van der Waals surface area contributed by atoms with Crippen molar-refractivity contribution in [2.45, 2.75) is 58.3 Å². The quantitative estimate of drug-likeness (QED) is 0.540. The van der Waals surface area contributed by atoms with Crippen molar-refractivity contribution in [3.8, 4) is 11.8 Å². The third kappa shape index (κ3) is 4.21. The fraction of sp³-hybridized carbons (Fsp3) is 0.500. The van der Waals surface area contributed by atoms with Crippen LogP contribution in [0.25, 0.3) is 0 Å². The van der Waals surface area contributed by atoms with Gasteiger partial charge in [-0.05, 0) is 38.5 Å². The molecule has 2 aliphatic heterocycles. The van der Waals surface area contributed by atoms with Gasteiger partial charge < -0.3 is 19.1 Å². The first kappa shape index (κ1) is 20.7. The Morgan fingerprint density at radius 1 is 1.41 bits per heavy atom. The van der Waals surface area contributed by atoms with Gasteiger partial charge in [0.2, 0.25) is 0 Å². The smallest absolute Gasteiger partial charge is 0.303 e. The summed E-state index contributed by atoms with van der Waals surface area (Å²) in [4.78, 5) is 26.3. The van der Waals surface area contributed by atoms with Gasteiger partial charge >= 0.3 is 5.97 Å². The summed E-state index contributed by atoms with van der Waals surface area (Å²) in [6.45, 7) is 7.87. The highest BCUT2D eigenvalue weighted by Gasteiger charge is 2.50. The van der Waals surface area contributed by atoms with Gasteiger partial charge in [0.05, 0.1) is 24.8 Å². The van der Waals surface area contributed by atoms with Crippen LogP contribution in [0.4, 0.5) is 0 Å². The molecule has 154 valence electrons. The molecule has 0 unspecified atom stereocenters. The van der Waals surface area contributed by atoms with Crippen LogP contribution in [-0.4, -0.2) is 41.6 Å². The number of esters is 1. The zero-order valence-electron chi connectivity index (χ0n) is 17.2. The van der Waals surface area contributed by atoms with Crippen LogP contribution in [0.15, 0.2) is 30.0 Å². The van der Waals surface area contributed by atoms with E-state index in [0.717, 1.165) is 12.8 Å². The summed E-state index contributed by atoms with van der Waals surface area (Å²) < 4.78 is 17.5. The Morgan fingerprint density at radius 3 is 2.83 bits per heavy atom. The first-order valence-electron chi connectivity index (χ1n) is 9.81. The first-order chi connectivity index (χ1) is 13.8. The monoisotopic (exact) mass is 398 g/mol. The predicted octanol–water partition coefficient (Wildman–Crippen LogP) is 3.24. The van der Waals surface area contributed by atoms with Crippen LogP contribution in [-0.2, 0) is 19.1 Å². The van der Waals surface area contributed by atoms with Gasteiger partial charge in [-0.3, -0.25) is 9.59 Å². The second kappa shape index (κ2) is 8.16. The van der Waals surface area contributed by atoms with Crippen LogP contribution in [0.2, 0.25) is 0 Å². The summed E-state index contributed by atoms with van der Waals surface area (Å²) in [5.41, 5.74) is 0.215. The third-order valence-corrected chi connectivity index (χ3v) is 5.11. The molecule has 2 atom stereocenters. The van der Waals surface area contributed by atoms with Gasteiger partial charge in [-0.15, -0.1) is 0 Å². The van der Waals surface area contributed by atoms with E-state index in [4.69, 9.17) is 14.2 Å². The van der Waals surface area contributed by atoms with Crippen LogP contribution in [0.1, 0.15) is 57.7 Å². The Morgan fingerprint density at radius 2 is 2.17 bits per heavy atom. The molecular weight excluding hydrogens is 372 g/mol. The van der Waals surface area contributed by atoms with Crippen LogP contribution in [0.5, 0.6) is 5.75 Å². The molecule has 0 radical (unpaired) electrons. The first-order valence-corrected chi connectivity index (χ1v) is 9.81. The number of nitriles is 1. The summed E-state index contributed by atoms with van der Waals surface area (Å²) in [6, 6.07) is 6.60. The summed E-state index contributed by atoms with van der Waals surface area (Å²) in [7, 11) is 0. The van der Waals surface area contributed by atoms with E-state index >= 15 is 0 Å². The second-order valence-electron chi connectivity index (χ2n) is 7.82. The Hall–Kier alpha value is -3.01. The SMILES string of the molecule is CCCCOC1=CC(=O)N([C@@H]2c3cc(C#N)ccc3OC(C)(C)[C@H]2OC(C)=O)C1. The molecule has 1 amide bonds. The second-order valence-corrected chi connectivity index (χ2v) is 7.82. The molecule has 0 aromatic heterocycles. The lowest BCUT2D eigenvalue weighted by Crippen LogP contribution is -2.55. The highest BCUT2D eigenvalue weighted by Crippen LogP contribution is 2.45. The Balaban J connectivity index is 2.00. The zero-order chi connectivity index (χ0) is 21.2. The fourth-order valence-electron chi connectivity index (χ4n) is 3.73. The lowest BCUT2D eigenvalue weighted by Gasteiger charge is -2.46. The van der Waals surface area contributed by atoms with Crippen molar-refractivity contribution in [1.29, 1.82) is 5.26 Å². The van der Waals surface area contributed by atoms with Crippen molar-refractivity contribution >= 4 is 11.9 Å². The Bertz CT molecular complexity index is 884. The summed E-state index contributed by atoms with van der Waals surface area (Å²) in [5.74, 6) is 0.475. The van der Waals surface area contributed by atoms with Gasteiger partial charge in [0, 0.05) is 18.6 Å². The number of carbonyl (C=O) groups is 2. The minimum absolute atomic E-state index is 0.218. The number of fused-ring (bicyclic) bond motifs is 1. The van der Waals surface area contributed by atoms with Crippen molar-refractivity contribution in [2.24, 2.45) is 0 Å². The van der Waals surface area contributed by atoms with Crippen LogP contribution < -0.4 is 4.74 Å². The third-order valence-electron chi connectivity index (χ3n) is 5.11. The number of carbonyl (C=O) groups excluding carboxylic acids is 2. The van der Waals surface area contributed by atoms with Gasteiger partial charge in [0.25, 0.3) is 5.91 Å². The number of nitrogens with zero attached hydrogens (tertiary/aromatic N) is 2. The molecule has 1 aromatic carbocycles. The van der Waals surface area contributed by atoms with Crippen molar-refractivity contribution in [2.75, 3.05) is 13.2 Å². The molecule has 2 heterocycles. The maximum absolute atomic E-state index is 12.8. The molecule has 0 bridgehead atoms. The lowest BCUT2D eigenvalue weighted by atomic mass is 9.84. The standard InChI is InChI=1S/C22H26N2O5/c1-5-6-9-27-16-11-19(26)24(13-16)20-17-10-15(12-23)7-8-18(17)29-22(3,4)21(20)28-14(2)25/h7-8,10-11,20-21H,5-6,9,13H2,1-4H3/t20-,21+/m1/s1. The molecule has 0 N–H and O–H groups in total. The van der Waals surface area contributed by atoms with E-state index in [-0.39, 0.29) is 12.5 Å². The van der Waals surface area contributed by atoms with Gasteiger partial charge in [-0.25, -0.2) is 0 Å². The van der Waals surface area contributed by atoms with Crippen LogP contribution in [0.3, 0.4) is 0 Å². The normalized spacial score (nSPS) is 22.2. The molecule has 0 aliphatic carbocycles. The van der Waals surface area contributed by atoms with E-state index in [2.05, 4.69) is 13.0 Å². The highest BCUT2D eigenvalue weighted by molar-refractivity contribution is 5.91. The zero-order valence-corrected chi connectivity index (χ0v) is 17.2. The van der Waals surface area contributed by atoms with E-state index < -0.39 is 23.7 Å². The average Bonchev–Trinajstić information content (AvgIpc) is 3.02. The van der Waals surface area contributed by atoms with E-state index in [1.54, 1.807) is 23.1 Å². The lowest BCUT2D eigenvalue weighted by molar-refractivity contribution is -0.171. The number of rotatable bonds is 6. The summed E-state index contributed by atoms with van der Waals surface area (Å²) in [5, 5.41) is 9.33. The molecule has 7 nitrogen and oxygen atoms in total. The van der Waals surface area contributed by atoms with Crippen molar-refractivity contribution < 1.29 is 23.8 Å². The number of ether oxygens (including phenoxy) is 3. The molecule has 0 fully saturated rings. The van der Waals surface area contributed by atoms with Gasteiger partial charge in [-0.2, -0.15) is 5.26 Å². The number of unbranched alkanes of at least 4 members (excludes halogenated alkanes) is 1. The van der Waals surface area contributed by atoms with Crippen molar-refractivity contribution in [3.05, 3.63) is 41.2 Å².